The lowest BCUT2D eigenvalue weighted by Crippen LogP contribution is -2.05. The molecule has 7 heteroatoms. The predicted octanol–water partition coefficient (Wildman–Crippen LogP) is 0.0796. The Morgan fingerprint density at radius 1 is 1.50 bits per heavy atom. The van der Waals surface area contributed by atoms with E-state index in [1.165, 1.54) is 0 Å². The Bertz CT molecular complexity index is 117. The largest absolute Gasteiger partial charge is 0.505 e. The first-order valence-corrected chi connectivity index (χ1v) is 3.60. The van der Waals surface area contributed by atoms with Crippen molar-refractivity contribution in [1.29, 1.82) is 0 Å². The molecule has 1 atom stereocenters. The second kappa shape index (κ2) is 5.22. The summed E-state index contributed by atoms with van der Waals surface area (Å²) in [7, 11) is -2.96. The molecule has 0 bridgehead atoms. The van der Waals surface area contributed by atoms with Crippen LogP contribution in [0.1, 0.15) is 0 Å². The fourth-order valence-corrected chi connectivity index (χ4v) is 0.516. The second-order valence-corrected chi connectivity index (χ2v) is 2.05. The third-order valence-electron chi connectivity index (χ3n) is 0.534. The number of hydrogen-bond acceptors (Lipinski definition) is 4. The third-order valence-corrected chi connectivity index (χ3v) is 0.985. The number of hydrogen-bond donors (Lipinski definition) is 2. The average Bonchev–Trinajstić information content (AvgIpc) is 1.79. The highest BCUT2D eigenvalue weighted by molar-refractivity contribution is 7.32. The number of carboxylic acid groups (broad SMARTS) is 1. The van der Waals surface area contributed by atoms with Gasteiger partial charge in [-0.1, -0.05) is 0 Å². The number of rotatable bonds is 4. The Morgan fingerprint density at radius 3 is 2.50 bits per heavy atom. The molecule has 0 radical (unpaired) electrons. The van der Waals surface area contributed by atoms with Gasteiger partial charge in [0.1, 0.15) is 6.61 Å². The van der Waals surface area contributed by atoms with E-state index in [0.717, 1.165) is 0 Å². The SMILES string of the molecule is O=C(O)OCCO[PH](=O)O. The Morgan fingerprint density at radius 2 is 2.10 bits per heavy atom. The van der Waals surface area contributed by atoms with E-state index in [0.29, 0.717) is 0 Å². The molecule has 0 spiro atoms. The summed E-state index contributed by atoms with van der Waals surface area (Å²) >= 11 is 0. The highest BCUT2D eigenvalue weighted by Crippen LogP contribution is 2.12. The molecule has 0 heterocycles. The monoisotopic (exact) mass is 170 g/mol. The lowest BCUT2D eigenvalue weighted by atomic mass is 10.8. The summed E-state index contributed by atoms with van der Waals surface area (Å²) in [5.74, 6) is 0. The van der Waals surface area contributed by atoms with E-state index in [9.17, 15) is 9.36 Å². The van der Waals surface area contributed by atoms with Gasteiger partial charge in [-0.25, -0.2) is 4.79 Å². The van der Waals surface area contributed by atoms with Gasteiger partial charge >= 0.3 is 14.4 Å². The van der Waals surface area contributed by atoms with Gasteiger partial charge in [0.2, 0.25) is 0 Å². The Balaban J connectivity index is 3.06. The van der Waals surface area contributed by atoms with Crippen LogP contribution in [-0.4, -0.2) is 29.4 Å². The second-order valence-electron chi connectivity index (χ2n) is 1.23. The molecule has 0 aliphatic heterocycles. The van der Waals surface area contributed by atoms with Crippen LogP contribution in [0.5, 0.6) is 0 Å². The molecule has 60 valence electrons. The normalized spacial score (nSPS) is 12.5. The zero-order valence-corrected chi connectivity index (χ0v) is 5.94. The van der Waals surface area contributed by atoms with Crippen LogP contribution in [0.15, 0.2) is 0 Å². The van der Waals surface area contributed by atoms with Gasteiger partial charge in [-0.2, -0.15) is 0 Å². The van der Waals surface area contributed by atoms with Crippen molar-refractivity contribution in [2.75, 3.05) is 13.2 Å². The maximum atomic E-state index is 9.80. The fraction of sp³-hybridized carbons (Fsp3) is 0.667. The third kappa shape index (κ3) is 7.42. The van der Waals surface area contributed by atoms with Crippen molar-refractivity contribution in [1.82, 2.24) is 0 Å². The van der Waals surface area contributed by atoms with E-state index in [2.05, 4.69) is 9.26 Å². The first-order chi connectivity index (χ1) is 4.63. The van der Waals surface area contributed by atoms with E-state index in [-0.39, 0.29) is 13.2 Å². The Labute approximate surface area is 57.3 Å². The van der Waals surface area contributed by atoms with E-state index < -0.39 is 14.4 Å². The molecule has 0 saturated heterocycles. The molecule has 0 aromatic rings. The lowest BCUT2D eigenvalue weighted by molar-refractivity contribution is 0.0773. The van der Waals surface area contributed by atoms with Crippen molar-refractivity contribution in [3.8, 4) is 0 Å². The molecule has 0 aromatic carbocycles. The minimum atomic E-state index is -2.96. The van der Waals surface area contributed by atoms with Gasteiger partial charge < -0.3 is 19.3 Å². The average molecular weight is 170 g/mol. The van der Waals surface area contributed by atoms with Crippen molar-refractivity contribution >= 4 is 14.4 Å². The number of ether oxygens (including phenoxy) is 1. The Hall–Kier alpha value is -0.580. The van der Waals surface area contributed by atoms with Gasteiger partial charge in [0.15, 0.2) is 0 Å². The van der Waals surface area contributed by atoms with E-state index in [4.69, 9.17) is 10.00 Å². The first-order valence-electron chi connectivity index (χ1n) is 2.34. The summed E-state index contributed by atoms with van der Waals surface area (Å²) in [6, 6.07) is 0. The van der Waals surface area contributed by atoms with Crippen LogP contribution in [0.3, 0.4) is 0 Å². The van der Waals surface area contributed by atoms with Crippen molar-refractivity contribution < 1.29 is 28.6 Å². The smallest absolute Gasteiger partial charge is 0.450 e. The van der Waals surface area contributed by atoms with Crippen LogP contribution in [0.2, 0.25) is 0 Å². The standard InChI is InChI=1S/C3H7O6P/c4-3(5)8-1-2-9-10(6)7/h10H,1-2H2,(H,4,5)(H,6,7). The summed E-state index contributed by atoms with van der Waals surface area (Å²) in [4.78, 5) is 17.7. The summed E-state index contributed by atoms with van der Waals surface area (Å²) in [6.07, 6.45) is -1.43. The molecular weight excluding hydrogens is 163 g/mol. The molecule has 6 nitrogen and oxygen atoms in total. The molecule has 1 unspecified atom stereocenters. The molecule has 0 fully saturated rings. The predicted molar refractivity (Wildman–Crippen MR) is 31.1 cm³/mol. The zero-order valence-electron chi connectivity index (χ0n) is 4.94. The minimum Gasteiger partial charge on any atom is -0.450 e. The van der Waals surface area contributed by atoms with Crippen molar-refractivity contribution in [2.45, 2.75) is 0 Å². The molecule has 0 aromatic heterocycles. The highest BCUT2D eigenvalue weighted by Gasteiger charge is 1.96. The topological polar surface area (TPSA) is 93.1 Å². The summed E-state index contributed by atoms with van der Waals surface area (Å²) in [5.41, 5.74) is 0. The molecule has 0 amide bonds. The van der Waals surface area contributed by atoms with Gasteiger partial charge in [-0.05, 0) is 0 Å². The van der Waals surface area contributed by atoms with E-state index in [1.807, 2.05) is 0 Å². The van der Waals surface area contributed by atoms with Gasteiger partial charge in [-0.15, -0.1) is 0 Å². The van der Waals surface area contributed by atoms with Crippen LogP contribution in [-0.2, 0) is 13.8 Å². The quantitative estimate of drug-likeness (QED) is 0.352. The molecule has 0 aliphatic carbocycles. The van der Waals surface area contributed by atoms with Crippen LogP contribution in [0.4, 0.5) is 4.79 Å². The van der Waals surface area contributed by atoms with Gasteiger partial charge in [0.25, 0.3) is 0 Å². The van der Waals surface area contributed by atoms with E-state index >= 15 is 0 Å². The van der Waals surface area contributed by atoms with Crippen LogP contribution in [0, 0.1) is 0 Å². The van der Waals surface area contributed by atoms with Crippen molar-refractivity contribution in [2.24, 2.45) is 0 Å². The van der Waals surface area contributed by atoms with Crippen molar-refractivity contribution in [3.05, 3.63) is 0 Å². The molecule has 10 heavy (non-hydrogen) atoms. The van der Waals surface area contributed by atoms with Crippen LogP contribution < -0.4 is 0 Å². The maximum Gasteiger partial charge on any atom is 0.505 e. The number of carbonyl (C=O) groups is 1. The van der Waals surface area contributed by atoms with Crippen LogP contribution >= 0.6 is 8.25 Å². The van der Waals surface area contributed by atoms with Crippen molar-refractivity contribution in [3.63, 3.8) is 0 Å². The molecule has 0 aliphatic rings. The zero-order chi connectivity index (χ0) is 7.98. The summed E-state index contributed by atoms with van der Waals surface area (Å²) in [6.45, 7) is -0.424. The first kappa shape index (κ1) is 9.42. The van der Waals surface area contributed by atoms with Gasteiger partial charge in [0, 0.05) is 0 Å². The highest BCUT2D eigenvalue weighted by atomic mass is 31.1. The Kier molecular flexibility index (Phi) is 4.92. The summed E-state index contributed by atoms with van der Waals surface area (Å²) < 4.78 is 17.9. The lowest BCUT2D eigenvalue weighted by Gasteiger charge is -1.98. The van der Waals surface area contributed by atoms with Gasteiger partial charge in [0.05, 0.1) is 6.61 Å². The maximum absolute atomic E-state index is 9.80. The fourth-order valence-electron chi connectivity index (χ4n) is 0.258. The van der Waals surface area contributed by atoms with Gasteiger partial charge in [-0.3, -0.25) is 4.57 Å². The molecule has 0 saturated carbocycles. The molecular formula is C3H7O6P. The van der Waals surface area contributed by atoms with Crippen LogP contribution in [0.25, 0.3) is 0 Å². The molecule has 2 N–H and O–H groups in total. The molecule has 0 rings (SSSR count). The minimum absolute atomic E-state index is 0.194. The van der Waals surface area contributed by atoms with E-state index in [1.54, 1.807) is 0 Å². The summed E-state index contributed by atoms with van der Waals surface area (Å²) in [5, 5.41) is 7.87.